The predicted octanol–water partition coefficient (Wildman–Crippen LogP) is 3.05. The topological polar surface area (TPSA) is 85.8 Å². The van der Waals surface area contributed by atoms with Crippen molar-refractivity contribution in [2.24, 2.45) is 10.9 Å². The van der Waals surface area contributed by atoms with Crippen LogP contribution in [0.5, 0.6) is 0 Å². The summed E-state index contributed by atoms with van der Waals surface area (Å²) in [6, 6.07) is 5.77. The lowest BCUT2D eigenvalue weighted by molar-refractivity contribution is -0.114. The van der Waals surface area contributed by atoms with Gasteiger partial charge >= 0.3 is 0 Å². The average Bonchev–Trinajstić information content (AvgIpc) is 2.60. The van der Waals surface area contributed by atoms with Crippen LogP contribution >= 0.6 is 15.9 Å². The molecule has 0 heterocycles. The first-order valence-electron chi connectivity index (χ1n) is 9.19. The van der Waals surface area contributed by atoms with E-state index >= 15 is 0 Å². The van der Waals surface area contributed by atoms with E-state index in [1.807, 2.05) is 32.0 Å². The van der Waals surface area contributed by atoms with Crippen molar-refractivity contribution < 1.29 is 9.90 Å². The van der Waals surface area contributed by atoms with Gasteiger partial charge in [0, 0.05) is 29.9 Å². The minimum Gasteiger partial charge on any atom is -0.396 e. The second-order valence-corrected chi connectivity index (χ2v) is 7.17. The van der Waals surface area contributed by atoms with Gasteiger partial charge in [-0.3, -0.25) is 4.79 Å². The van der Waals surface area contributed by atoms with Gasteiger partial charge in [0.05, 0.1) is 0 Å². The van der Waals surface area contributed by atoms with E-state index in [1.165, 1.54) is 0 Å². The summed E-state index contributed by atoms with van der Waals surface area (Å²) in [5, 5.41) is 18.5. The number of aliphatic hydroxyl groups excluding tert-OH is 1. The van der Waals surface area contributed by atoms with E-state index in [1.54, 1.807) is 0 Å². The van der Waals surface area contributed by atoms with Crippen LogP contribution in [0.3, 0.4) is 0 Å². The molecule has 0 saturated heterocycles. The van der Waals surface area contributed by atoms with Crippen molar-refractivity contribution in [1.29, 1.82) is 0 Å². The molecule has 1 amide bonds. The number of benzene rings is 1. The van der Waals surface area contributed by atoms with Gasteiger partial charge < -0.3 is 21.1 Å². The van der Waals surface area contributed by atoms with Crippen molar-refractivity contribution in [1.82, 2.24) is 10.6 Å². The fourth-order valence-electron chi connectivity index (χ4n) is 2.59. The Hall–Kier alpha value is -1.60. The zero-order valence-corrected chi connectivity index (χ0v) is 17.5. The van der Waals surface area contributed by atoms with Gasteiger partial charge in [-0.25, -0.2) is 4.99 Å². The molecule has 1 atom stereocenters. The Labute approximate surface area is 165 Å². The summed E-state index contributed by atoms with van der Waals surface area (Å²) in [6.45, 7) is 7.75. The number of hydrogen-bond acceptors (Lipinski definition) is 3. The summed E-state index contributed by atoms with van der Waals surface area (Å²) in [7, 11) is 0. The second kappa shape index (κ2) is 12.7. The van der Waals surface area contributed by atoms with Crippen LogP contribution in [-0.2, 0) is 4.79 Å². The van der Waals surface area contributed by atoms with Gasteiger partial charge in [-0.2, -0.15) is 0 Å². The number of aliphatic imine (C=N–C) groups is 1. The van der Waals surface area contributed by atoms with Gasteiger partial charge in [0.2, 0.25) is 5.91 Å². The maximum absolute atomic E-state index is 12.2. The molecule has 0 bridgehead atoms. The number of amides is 1. The minimum absolute atomic E-state index is 0.0414. The van der Waals surface area contributed by atoms with E-state index in [9.17, 15) is 4.79 Å². The van der Waals surface area contributed by atoms with Gasteiger partial charge in [-0.05, 0) is 50.3 Å². The van der Waals surface area contributed by atoms with E-state index < -0.39 is 0 Å². The molecule has 0 aliphatic carbocycles. The summed E-state index contributed by atoms with van der Waals surface area (Å²) < 4.78 is 0.919. The van der Waals surface area contributed by atoms with Crippen LogP contribution in [0.15, 0.2) is 27.7 Å². The molecule has 1 rings (SSSR count). The molecule has 7 heteroatoms. The number of halogens is 1. The number of hydrogen-bond donors (Lipinski definition) is 4. The molecule has 0 radical (unpaired) electrons. The van der Waals surface area contributed by atoms with Gasteiger partial charge in [-0.15, -0.1) is 0 Å². The highest BCUT2D eigenvalue weighted by Crippen LogP contribution is 2.20. The van der Waals surface area contributed by atoms with Gasteiger partial charge in [-0.1, -0.05) is 35.3 Å². The molecule has 1 aromatic carbocycles. The summed E-state index contributed by atoms with van der Waals surface area (Å²) in [6.07, 6.45) is 2.90. The molecule has 0 fully saturated rings. The molecular weight excluding hydrogens is 396 g/mol. The zero-order valence-electron chi connectivity index (χ0n) is 15.9. The highest BCUT2D eigenvalue weighted by molar-refractivity contribution is 9.10. The SMILES string of the molecule is CCCC(CCO)CNC(=NCC(=O)Nc1cc(Br)ccc1C)NCC. The number of rotatable bonds is 10. The fraction of sp³-hybridized carbons (Fsp3) is 0.579. The third-order valence-corrected chi connectivity index (χ3v) is 4.48. The summed E-state index contributed by atoms with van der Waals surface area (Å²) in [4.78, 5) is 16.6. The number of aliphatic hydroxyl groups is 1. The van der Waals surface area contributed by atoms with Gasteiger partial charge in [0.25, 0.3) is 0 Å². The Bertz CT molecular complexity index is 587. The Morgan fingerprint density at radius 1 is 1.27 bits per heavy atom. The third kappa shape index (κ3) is 8.67. The molecule has 0 aliphatic rings. The van der Waals surface area contributed by atoms with Gasteiger partial charge in [0.1, 0.15) is 6.54 Å². The van der Waals surface area contributed by atoms with Crippen LogP contribution in [0, 0.1) is 12.8 Å². The van der Waals surface area contributed by atoms with E-state index in [0.717, 1.165) is 48.1 Å². The van der Waals surface area contributed by atoms with Crippen LogP contribution in [0.2, 0.25) is 0 Å². The van der Waals surface area contributed by atoms with E-state index in [-0.39, 0.29) is 19.1 Å². The highest BCUT2D eigenvalue weighted by atomic mass is 79.9. The van der Waals surface area contributed by atoms with Crippen molar-refractivity contribution >= 4 is 33.5 Å². The summed E-state index contributed by atoms with van der Waals surface area (Å²) in [5.74, 6) is 0.850. The predicted molar refractivity (Wildman–Crippen MR) is 112 cm³/mol. The number of nitrogens with one attached hydrogen (secondary N) is 3. The smallest absolute Gasteiger partial charge is 0.246 e. The van der Waals surface area contributed by atoms with Crippen LogP contribution in [-0.4, -0.2) is 43.2 Å². The monoisotopic (exact) mass is 426 g/mol. The van der Waals surface area contributed by atoms with Crippen molar-refractivity contribution in [3.05, 3.63) is 28.2 Å². The Balaban J connectivity index is 2.61. The molecule has 0 saturated carbocycles. The number of anilines is 1. The minimum atomic E-state index is -0.163. The Morgan fingerprint density at radius 3 is 2.69 bits per heavy atom. The normalized spacial score (nSPS) is 12.6. The first-order valence-corrected chi connectivity index (χ1v) is 9.98. The van der Waals surface area contributed by atoms with Crippen LogP contribution in [0.4, 0.5) is 5.69 Å². The summed E-state index contributed by atoms with van der Waals surface area (Å²) >= 11 is 3.41. The van der Waals surface area contributed by atoms with Crippen molar-refractivity contribution in [3.63, 3.8) is 0 Å². The molecule has 0 spiro atoms. The third-order valence-electron chi connectivity index (χ3n) is 3.99. The first kappa shape index (κ1) is 22.4. The highest BCUT2D eigenvalue weighted by Gasteiger charge is 2.09. The fourth-order valence-corrected chi connectivity index (χ4v) is 2.95. The maximum Gasteiger partial charge on any atom is 0.246 e. The van der Waals surface area contributed by atoms with E-state index in [2.05, 4.69) is 43.8 Å². The Morgan fingerprint density at radius 2 is 2.04 bits per heavy atom. The lowest BCUT2D eigenvalue weighted by atomic mass is 10.0. The molecule has 0 aromatic heterocycles. The second-order valence-electron chi connectivity index (χ2n) is 6.25. The van der Waals surface area contributed by atoms with Crippen molar-refractivity contribution in [2.75, 3.05) is 31.6 Å². The molecule has 146 valence electrons. The quantitative estimate of drug-likeness (QED) is 0.342. The molecule has 1 unspecified atom stereocenters. The molecule has 26 heavy (non-hydrogen) atoms. The molecule has 4 N–H and O–H groups in total. The van der Waals surface area contributed by atoms with Crippen molar-refractivity contribution in [3.8, 4) is 0 Å². The van der Waals surface area contributed by atoms with Crippen LogP contribution in [0.25, 0.3) is 0 Å². The van der Waals surface area contributed by atoms with Crippen LogP contribution < -0.4 is 16.0 Å². The first-order chi connectivity index (χ1) is 12.5. The zero-order chi connectivity index (χ0) is 19.4. The molecule has 6 nitrogen and oxygen atoms in total. The number of guanidine groups is 1. The Kier molecular flexibility index (Phi) is 11.0. The van der Waals surface area contributed by atoms with E-state index in [4.69, 9.17) is 5.11 Å². The lowest BCUT2D eigenvalue weighted by Gasteiger charge is -2.18. The summed E-state index contributed by atoms with van der Waals surface area (Å²) in [5.41, 5.74) is 1.78. The number of carbonyl (C=O) groups is 1. The number of carbonyl (C=O) groups excluding carboxylic acids is 1. The molecular formula is C19H31BrN4O2. The van der Waals surface area contributed by atoms with Gasteiger partial charge in [0.15, 0.2) is 5.96 Å². The number of aryl methyl sites for hydroxylation is 1. The average molecular weight is 427 g/mol. The lowest BCUT2D eigenvalue weighted by Crippen LogP contribution is -2.40. The standard InChI is InChI=1S/C19H31BrN4O2/c1-4-6-15(9-10-25)12-22-19(21-5-2)23-13-18(26)24-17-11-16(20)8-7-14(17)3/h7-8,11,15,25H,4-6,9-10,12-13H2,1-3H3,(H,24,26)(H2,21,22,23). The largest absolute Gasteiger partial charge is 0.396 e. The maximum atomic E-state index is 12.2. The van der Waals surface area contributed by atoms with Crippen molar-refractivity contribution in [2.45, 2.75) is 40.0 Å². The molecule has 1 aromatic rings. The van der Waals surface area contributed by atoms with Crippen LogP contribution in [0.1, 0.15) is 38.7 Å². The number of nitrogens with zero attached hydrogens (tertiary/aromatic N) is 1. The molecule has 0 aliphatic heterocycles. The van der Waals surface area contributed by atoms with E-state index in [0.29, 0.717) is 11.9 Å².